The Morgan fingerprint density at radius 1 is 0.941 bits per heavy atom. The van der Waals surface area contributed by atoms with Gasteiger partial charge in [-0.2, -0.15) is 0 Å². The fourth-order valence-electron chi connectivity index (χ4n) is 4.14. The molecular weight excluding hydrogens is 448 g/mol. The van der Waals surface area contributed by atoms with Gasteiger partial charge in [0.2, 0.25) is 0 Å². The Bertz CT molecular complexity index is 1290. The van der Waals surface area contributed by atoms with E-state index >= 15 is 0 Å². The van der Waals surface area contributed by atoms with Gasteiger partial charge in [-0.15, -0.1) is 16.4 Å². The molecule has 9 heteroatoms. The number of anilines is 1. The van der Waals surface area contributed by atoms with Gasteiger partial charge in [0.05, 0.1) is 24.2 Å². The van der Waals surface area contributed by atoms with E-state index in [2.05, 4.69) is 32.3 Å². The summed E-state index contributed by atoms with van der Waals surface area (Å²) in [5.41, 5.74) is 4.37. The molecule has 2 aromatic carbocycles. The number of amides is 1. The van der Waals surface area contributed by atoms with Gasteiger partial charge in [-0.05, 0) is 50.2 Å². The lowest BCUT2D eigenvalue weighted by molar-refractivity contribution is 0.0750. The van der Waals surface area contributed by atoms with Crippen molar-refractivity contribution < 1.29 is 9.53 Å². The van der Waals surface area contributed by atoms with Crippen LogP contribution in [0.3, 0.4) is 0 Å². The van der Waals surface area contributed by atoms with Gasteiger partial charge in [0, 0.05) is 31.9 Å². The number of benzene rings is 2. The van der Waals surface area contributed by atoms with Crippen molar-refractivity contribution >= 4 is 22.9 Å². The molecule has 1 aliphatic rings. The molecule has 0 N–H and O–H groups in total. The molecule has 3 heterocycles. The van der Waals surface area contributed by atoms with E-state index in [0.717, 1.165) is 35.9 Å². The van der Waals surface area contributed by atoms with Gasteiger partial charge in [0.25, 0.3) is 5.91 Å². The van der Waals surface area contributed by atoms with Crippen LogP contribution >= 0.6 is 11.3 Å². The maximum absolute atomic E-state index is 13.3. The van der Waals surface area contributed by atoms with Crippen LogP contribution in [0.15, 0.2) is 54.6 Å². The van der Waals surface area contributed by atoms with Crippen LogP contribution in [-0.2, 0) is 0 Å². The number of carbonyl (C=O) groups is 1. The van der Waals surface area contributed by atoms with Crippen LogP contribution in [0.5, 0.6) is 5.75 Å². The van der Waals surface area contributed by atoms with Crippen molar-refractivity contribution in [2.45, 2.75) is 13.8 Å². The Morgan fingerprint density at radius 3 is 2.32 bits per heavy atom. The average Bonchev–Trinajstić information content (AvgIpc) is 3.46. The van der Waals surface area contributed by atoms with Gasteiger partial charge in [-0.25, -0.2) is 9.67 Å². The van der Waals surface area contributed by atoms with Crippen molar-refractivity contribution in [2.24, 2.45) is 0 Å². The smallest absolute Gasteiger partial charge is 0.265 e. The minimum Gasteiger partial charge on any atom is -0.497 e. The first-order valence-electron chi connectivity index (χ1n) is 11.2. The molecule has 1 saturated heterocycles. The number of carbonyl (C=O) groups excluding carboxylic acids is 1. The second-order valence-corrected chi connectivity index (χ2v) is 9.18. The molecule has 1 aliphatic heterocycles. The number of methoxy groups -OCH3 is 1. The topological polar surface area (TPSA) is 76.4 Å². The molecule has 0 unspecified atom stereocenters. The van der Waals surface area contributed by atoms with Crippen molar-refractivity contribution in [3.63, 3.8) is 0 Å². The lowest BCUT2D eigenvalue weighted by Crippen LogP contribution is -2.48. The van der Waals surface area contributed by atoms with Crippen LogP contribution in [0.2, 0.25) is 0 Å². The van der Waals surface area contributed by atoms with Crippen molar-refractivity contribution in [1.82, 2.24) is 24.9 Å². The van der Waals surface area contributed by atoms with Crippen LogP contribution in [0.25, 0.3) is 16.4 Å². The van der Waals surface area contributed by atoms with Crippen LogP contribution < -0.4 is 9.64 Å². The van der Waals surface area contributed by atoms with Crippen molar-refractivity contribution in [3.05, 3.63) is 70.9 Å². The Hall–Kier alpha value is -3.72. The zero-order chi connectivity index (χ0) is 23.7. The van der Waals surface area contributed by atoms with Gasteiger partial charge in [-0.1, -0.05) is 23.4 Å². The second-order valence-electron chi connectivity index (χ2n) is 8.18. The van der Waals surface area contributed by atoms with Crippen molar-refractivity contribution in [1.29, 1.82) is 0 Å². The fraction of sp³-hybridized carbons (Fsp3) is 0.280. The average molecular weight is 475 g/mol. The van der Waals surface area contributed by atoms with E-state index in [1.54, 1.807) is 11.8 Å². The molecule has 0 atom stereocenters. The van der Waals surface area contributed by atoms with E-state index in [-0.39, 0.29) is 5.91 Å². The molecule has 1 amide bonds. The Kier molecular flexibility index (Phi) is 6.02. The molecular formula is C25H26N6O2S. The summed E-state index contributed by atoms with van der Waals surface area (Å²) >= 11 is 1.39. The summed E-state index contributed by atoms with van der Waals surface area (Å²) in [6.07, 6.45) is 0. The standard InChI is InChI=1S/C25H26N6O2S/c1-17-23(25(32)30-15-13-29(14-16-30)19-7-5-4-6-8-19)34-24(26-17)22-18(2)31(28-27-22)20-9-11-21(33-3)12-10-20/h4-12H,13-16H2,1-3H3. The molecule has 4 aromatic rings. The fourth-order valence-corrected chi connectivity index (χ4v) is 5.21. The highest BCUT2D eigenvalue weighted by atomic mass is 32.1. The first-order chi connectivity index (χ1) is 16.5. The summed E-state index contributed by atoms with van der Waals surface area (Å²) in [6, 6.07) is 18.0. The molecule has 0 bridgehead atoms. The Balaban J connectivity index is 1.32. The lowest BCUT2D eigenvalue weighted by atomic mass is 10.2. The zero-order valence-corrected chi connectivity index (χ0v) is 20.2. The van der Waals surface area contributed by atoms with E-state index in [0.29, 0.717) is 28.7 Å². The normalized spacial score (nSPS) is 13.9. The monoisotopic (exact) mass is 474 g/mol. The number of thiazole rings is 1. The number of para-hydroxylation sites is 1. The number of ether oxygens (including phenoxy) is 1. The molecule has 174 valence electrons. The molecule has 0 radical (unpaired) electrons. The quantitative estimate of drug-likeness (QED) is 0.436. The second kappa shape index (κ2) is 9.26. The number of nitrogens with zero attached hydrogens (tertiary/aromatic N) is 6. The summed E-state index contributed by atoms with van der Waals surface area (Å²) in [4.78, 5) is 22.9. The number of aromatic nitrogens is 4. The number of rotatable bonds is 5. The number of hydrogen-bond acceptors (Lipinski definition) is 7. The van der Waals surface area contributed by atoms with E-state index in [4.69, 9.17) is 4.74 Å². The molecule has 1 fully saturated rings. The first kappa shape index (κ1) is 22.1. The highest BCUT2D eigenvalue weighted by Gasteiger charge is 2.27. The van der Waals surface area contributed by atoms with E-state index in [9.17, 15) is 4.79 Å². The van der Waals surface area contributed by atoms with Gasteiger partial charge in [0.15, 0.2) is 0 Å². The molecule has 2 aromatic heterocycles. The van der Waals surface area contributed by atoms with Gasteiger partial charge >= 0.3 is 0 Å². The Labute approximate surface area is 202 Å². The van der Waals surface area contributed by atoms with E-state index in [1.165, 1.54) is 17.0 Å². The van der Waals surface area contributed by atoms with E-state index in [1.807, 2.05) is 61.2 Å². The van der Waals surface area contributed by atoms with Crippen LogP contribution in [0.1, 0.15) is 21.1 Å². The third-order valence-electron chi connectivity index (χ3n) is 6.09. The summed E-state index contributed by atoms with van der Waals surface area (Å²) in [7, 11) is 1.64. The minimum absolute atomic E-state index is 0.0363. The lowest BCUT2D eigenvalue weighted by Gasteiger charge is -2.36. The van der Waals surface area contributed by atoms with Crippen molar-refractivity contribution in [3.8, 4) is 22.1 Å². The molecule has 0 saturated carbocycles. The predicted octanol–water partition coefficient (Wildman–Crippen LogP) is 3.98. The number of hydrogen-bond donors (Lipinski definition) is 0. The molecule has 0 spiro atoms. The van der Waals surface area contributed by atoms with Crippen LogP contribution in [0, 0.1) is 13.8 Å². The number of piperazine rings is 1. The third-order valence-corrected chi connectivity index (χ3v) is 7.25. The van der Waals surface area contributed by atoms with Crippen LogP contribution in [0.4, 0.5) is 5.69 Å². The van der Waals surface area contributed by atoms with Crippen molar-refractivity contribution in [2.75, 3.05) is 38.2 Å². The third kappa shape index (κ3) is 4.14. The minimum atomic E-state index is 0.0363. The van der Waals surface area contributed by atoms with Gasteiger partial charge in [-0.3, -0.25) is 4.79 Å². The molecule has 0 aliphatic carbocycles. The highest BCUT2D eigenvalue weighted by molar-refractivity contribution is 7.17. The molecule has 5 rings (SSSR count). The summed E-state index contributed by atoms with van der Waals surface area (Å²) in [5.74, 6) is 0.819. The number of aryl methyl sites for hydroxylation is 1. The highest BCUT2D eigenvalue weighted by Crippen LogP contribution is 2.31. The summed E-state index contributed by atoms with van der Waals surface area (Å²) in [6.45, 7) is 6.85. The molecule has 34 heavy (non-hydrogen) atoms. The largest absolute Gasteiger partial charge is 0.497 e. The van der Waals surface area contributed by atoms with Crippen LogP contribution in [-0.4, -0.2) is 64.1 Å². The maximum Gasteiger partial charge on any atom is 0.265 e. The zero-order valence-electron chi connectivity index (χ0n) is 19.4. The SMILES string of the molecule is COc1ccc(-n2nnc(-c3nc(C)c(C(=O)N4CCN(c5ccccc5)CC4)s3)c2C)cc1. The van der Waals surface area contributed by atoms with Gasteiger partial charge < -0.3 is 14.5 Å². The first-order valence-corrected chi connectivity index (χ1v) is 12.0. The molecule has 8 nitrogen and oxygen atoms in total. The maximum atomic E-state index is 13.3. The Morgan fingerprint density at radius 2 is 1.65 bits per heavy atom. The van der Waals surface area contributed by atoms with Gasteiger partial charge in [0.1, 0.15) is 21.3 Å². The summed E-state index contributed by atoms with van der Waals surface area (Å²) in [5, 5.41) is 9.40. The predicted molar refractivity (Wildman–Crippen MR) is 133 cm³/mol. The summed E-state index contributed by atoms with van der Waals surface area (Å²) < 4.78 is 7.01. The van der Waals surface area contributed by atoms with E-state index < -0.39 is 0 Å².